The van der Waals surface area contributed by atoms with E-state index in [9.17, 15) is 14.4 Å². The van der Waals surface area contributed by atoms with Crippen molar-refractivity contribution in [3.05, 3.63) is 109 Å². The highest BCUT2D eigenvalue weighted by molar-refractivity contribution is 5.71. The summed E-state index contributed by atoms with van der Waals surface area (Å²) in [5.41, 5.74) is 0. The highest BCUT2D eigenvalue weighted by Gasteiger charge is 2.19. The fraction of sp³-hybridized carbons (Fsp3) is 0.712. The van der Waals surface area contributed by atoms with Crippen molar-refractivity contribution in [2.75, 3.05) is 13.2 Å². The van der Waals surface area contributed by atoms with Gasteiger partial charge in [-0.2, -0.15) is 0 Å². The fourth-order valence-electron chi connectivity index (χ4n) is 9.28. The van der Waals surface area contributed by atoms with Crippen molar-refractivity contribution in [3.8, 4) is 0 Å². The molecule has 0 saturated heterocycles. The van der Waals surface area contributed by atoms with Crippen LogP contribution in [0.15, 0.2) is 109 Å². The van der Waals surface area contributed by atoms with Gasteiger partial charge < -0.3 is 14.2 Å². The van der Waals surface area contributed by atoms with Crippen LogP contribution in [0.1, 0.15) is 316 Å². The second kappa shape index (κ2) is 66.6. The van der Waals surface area contributed by atoms with E-state index >= 15 is 0 Å². The minimum absolute atomic E-state index is 0.0808. The average molecular weight is 1100 g/mol. The number of hydrogen-bond donors (Lipinski definition) is 0. The van der Waals surface area contributed by atoms with E-state index in [2.05, 4.69) is 130 Å². The number of carbonyl (C=O) groups excluding carboxylic acids is 3. The maximum Gasteiger partial charge on any atom is 0.306 e. The molecule has 0 amide bonds. The molecular formula is C73H124O6. The Morgan fingerprint density at radius 1 is 0.266 bits per heavy atom. The van der Waals surface area contributed by atoms with E-state index in [1.807, 2.05) is 0 Å². The van der Waals surface area contributed by atoms with Crippen molar-refractivity contribution < 1.29 is 28.6 Å². The van der Waals surface area contributed by atoms with Gasteiger partial charge in [0.1, 0.15) is 13.2 Å². The summed E-state index contributed by atoms with van der Waals surface area (Å²) in [6.07, 6.45) is 91.0. The van der Waals surface area contributed by atoms with Gasteiger partial charge in [0.15, 0.2) is 6.10 Å². The lowest BCUT2D eigenvalue weighted by molar-refractivity contribution is -0.167. The molecule has 0 aromatic heterocycles. The molecule has 0 heterocycles. The van der Waals surface area contributed by atoms with E-state index in [1.165, 1.54) is 148 Å². The van der Waals surface area contributed by atoms with Crippen molar-refractivity contribution in [2.45, 2.75) is 322 Å². The predicted octanol–water partition coefficient (Wildman–Crippen LogP) is 23.0. The van der Waals surface area contributed by atoms with Crippen molar-refractivity contribution in [1.82, 2.24) is 0 Å². The van der Waals surface area contributed by atoms with Crippen molar-refractivity contribution >= 4 is 17.9 Å². The number of hydrogen-bond acceptors (Lipinski definition) is 6. The molecule has 0 aliphatic heterocycles. The third-order valence-corrected chi connectivity index (χ3v) is 14.3. The molecule has 0 saturated carbocycles. The summed E-state index contributed by atoms with van der Waals surface area (Å²) < 4.78 is 16.9. The summed E-state index contributed by atoms with van der Waals surface area (Å²) in [4.78, 5) is 38.3. The van der Waals surface area contributed by atoms with E-state index in [0.29, 0.717) is 19.3 Å². The standard InChI is InChI=1S/C73H124O6/c1-4-7-10-13-16-19-22-25-27-29-30-31-32-33-34-35-36-37-38-39-40-41-42-43-44-45-47-48-51-54-57-60-63-66-72(75)78-69-70(68-77-71(74)65-62-59-56-53-50-24-21-18-15-12-9-6-3)79-73(76)67-64-61-58-55-52-49-46-28-26-23-20-17-14-11-8-5-2/h7,10,16,19,25,27-28,30-31,33-34,36-37,39-40,42-43,46,70H,4-6,8-9,11-15,17-18,20-24,26,29,32,35,38,41,44-45,47-69H2,1-3H3/b10-7-,19-16-,27-25-,31-30-,34-33-,37-36-,40-39-,43-42-,46-28-. The number of carbonyl (C=O) groups is 3. The molecule has 0 aromatic carbocycles. The zero-order chi connectivity index (χ0) is 57.1. The molecular weight excluding hydrogens is 973 g/mol. The van der Waals surface area contributed by atoms with E-state index < -0.39 is 6.10 Å². The first kappa shape index (κ1) is 75.1. The van der Waals surface area contributed by atoms with E-state index in [0.717, 1.165) is 128 Å². The smallest absolute Gasteiger partial charge is 0.306 e. The minimum atomic E-state index is -0.785. The van der Waals surface area contributed by atoms with Crippen LogP contribution < -0.4 is 0 Å². The van der Waals surface area contributed by atoms with Gasteiger partial charge in [-0.15, -0.1) is 0 Å². The van der Waals surface area contributed by atoms with Gasteiger partial charge in [0.25, 0.3) is 0 Å². The largest absolute Gasteiger partial charge is 0.462 e. The molecule has 0 rings (SSSR count). The first-order chi connectivity index (χ1) is 39.0. The second-order valence-corrected chi connectivity index (χ2v) is 22.0. The quantitative estimate of drug-likeness (QED) is 0.0261. The Labute approximate surface area is 489 Å². The topological polar surface area (TPSA) is 78.9 Å². The zero-order valence-corrected chi connectivity index (χ0v) is 51.9. The molecule has 452 valence electrons. The third kappa shape index (κ3) is 64.8. The monoisotopic (exact) mass is 1100 g/mol. The van der Waals surface area contributed by atoms with Gasteiger partial charge in [-0.05, 0) is 109 Å². The first-order valence-electron chi connectivity index (χ1n) is 33.4. The van der Waals surface area contributed by atoms with Gasteiger partial charge in [-0.3, -0.25) is 14.4 Å². The molecule has 0 N–H and O–H groups in total. The molecule has 6 nitrogen and oxygen atoms in total. The highest BCUT2D eigenvalue weighted by atomic mass is 16.6. The number of rotatable bonds is 60. The molecule has 0 spiro atoms. The summed E-state index contributed by atoms with van der Waals surface area (Å²) in [5, 5.41) is 0. The average Bonchev–Trinajstić information content (AvgIpc) is 3.45. The summed E-state index contributed by atoms with van der Waals surface area (Å²) in [7, 11) is 0. The Morgan fingerprint density at radius 3 is 0.785 bits per heavy atom. The summed E-state index contributed by atoms with van der Waals surface area (Å²) >= 11 is 0. The van der Waals surface area contributed by atoms with Gasteiger partial charge in [0, 0.05) is 19.3 Å². The van der Waals surface area contributed by atoms with Gasteiger partial charge >= 0.3 is 17.9 Å². The lowest BCUT2D eigenvalue weighted by atomic mass is 10.0. The van der Waals surface area contributed by atoms with Crippen LogP contribution in [0, 0.1) is 0 Å². The highest BCUT2D eigenvalue weighted by Crippen LogP contribution is 2.16. The third-order valence-electron chi connectivity index (χ3n) is 14.3. The summed E-state index contributed by atoms with van der Waals surface area (Å²) in [5.74, 6) is -0.888. The summed E-state index contributed by atoms with van der Waals surface area (Å²) in [6, 6.07) is 0. The van der Waals surface area contributed by atoms with Gasteiger partial charge in [-0.25, -0.2) is 0 Å². The molecule has 0 fully saturated rings. The summed E-state index contributed by atoms with van der Waals surface area (Å²) in [6.45, 7) is 6.53. The van der Waals surface area contributed by atoms with Crippen LogP contribution in [-0.4, -0.2) is 37.2 Å². The van der Waals surface area contributed by atoms with Crippen molar-refractivity contribution in [3.63, 3.8) is 0 Å². The van der Waals surface area contributed by atoms with Crippen LogP contribution in [0.25, 0.3) is 0 Å². The normalized spacial score (nSPS) is 12.8. The van der Waals surface area contributed by atoms with Gasteiger partial charge in [0.05, 0.1) is 0 Å². The van der Waals surface area contributed by atoms with Crippen LogP contribution in [-0.2, 0) is 28.6 Å². The Morgan fingerprint density at radius 2 is 0.494 bits per heavy atom. The predicted molar refractivity (Wildman–Crippen MR) is 343 cm³/mol. The Kier molecular flexibility index (Phi) is 63.3. The zero-order valence-electron chi connectivity index (χ0n) is 51.9. The molecule has 0 bridgehead atoms. The van der Waals surface area contributed by atoms with Crippen LogP contribution >= 0.6 is 0 Å². The maximum absolute atomic E-state index is 12.9. The molecule has 1 atom stereocenters. The molecule has 0 aromatic rings. The van der Waals surface area contributed by atoms with Crippen LogP contribution in [0.3, 0.4) is 0 Å². The maximum atomic E-state index is 12.9. The van der Waals surface area contributed by atoms with Crippen molar-refractivity contribution in [2.24, 2.45) is 0 Å². The first-order valence-corrected chi connectivity index (χ1v) is 33.4. The lowest BCUT2D eigenvalue weighted by Crippen LogP contribution is -2.30. The van der Waals surface area contributed by atoms with Crippen LogP contribution in [0.5, 0.6) is 0 Å². The number of ether oxygens (including phenoxy) is 3. The molecule has 0 aliphatic carbocycles. The molecule has 0 aliphatic rings. The molecule has 1 unspecified atom stereocenters. The van der Waals surface area contributed by atoms with Gasteiger partial charge in [0.2, 0.25) is 0 Å². The fourth-order valence-corrected chi connectivity index (χ4v) is 9.28. The van der Waals surface area contributed by atoms with Crippen LogP contribution in [0.2, 0.25) is 0 Å². The number of allylic oxidation sites excluding steroid dienone is 18. The second-order valence-electron chi connectivity index (χ2n) is 22.0. The van der Waals surface area contributed by atoms with Crippen LogP contribution in [0.4, 0.5) is 0 Å². The van der Waals surface area contributed by atoms with E-state index in [4.69, 9.17) is 14.2 Å². The molecule has 0 radical (unpaired) electrons. The van der Waals surface area contributed by atoms with E-state index in [-0.39, 0.29) is 31.1 Å². The number of esters is 3. The Bertz CT molecular complexity index is 1590. The minimum Gasteiger partial charge on any atom is -0.462 e. The molecule has 6 heteroatoms. The van der Waals surface area contributed by atoms with E-state index in [1.54, 1.807) is 0 Å². The lowest BCUT2D eigenvalue weighted by Gasteiger charge is -2.18. The number of unbranched alkanes of at least 4 members (excludes halogenated alkanes) is 31. The Balaban J connectivity index is 4.25. The SMILES string of the molecule is CC/C=C\C/C=C\C/C=C\C/C=C\C/C=C\C/C=C\C/C=C\C/C=C\CCCCCCCCCCC(=O)OCC(COC(=O)CCCCCCCCCCCCCC)OC(=O)CCCCCCC/C=C\CCCCCCCCC. The van der Waals surface area contributed by atoms with Crippen molar-refractivity contribution in [1.29, 1.82) is 0 Å². The Hall–Kier alpha value is -3.93. The van der Waals surface area contributed by atoms with Gasteiger partial charge in [-0.1, -0.05) is 297 Å². The molecule has 79 heavy (non-hydrogen) atoms.